The first kappa shape index (κ1) is 30.3. The number of hydrogen-bond donors (Lipinski definition) is 4. The van der Waals surface area contributed by atoms with Crippen LogP contribution >= 0.6 is 0 Å². The summed E-state index contributed by atoms with van der Waals surface area (Å²) in [4.78, 5) is 32.8. The molecule has 198 valence electrons. The molecule has 1 aromatic rings. The highest BCUT2D eigenvalue weighted by atomic mass is 32.2. The first-order valence-corrected chi connectivity index (χ1v) is 12.4. The molecule has 2 rings (SSSR count). The molecule has 0 spiro atoms. The average molecular weight is 519 g/mol. The van der Waals surface area contributed by atoms with E-state index in [9.17, 15) is 13.2 Å². The normalized spacial score (nSPS) is 13.9. The molecule has 1 saturated heterocycles. The van der Waals surface area contributed by atoms with Crippen LogP contribution in [0.15, 0.2) is 23.1 Å². The summed E-state index contributed by atoms with van der Waals surface area (Å²) in [6.07, 6.45) is 0. The van der Waals surface area contributed by atoms with E-state index in [1.807, 2.05) is 13.8 Å². The molecule has 1 amide bonds. The van der Waals surface area contributed by atoms with Crippen LogP contribution in [0.1, 0.15) is 13.8 Å². The Hall–Kier alpha value is -2.78. The van der Waals surface area contributed by atoms with E-state index in [1.165, 1.54) is 4.31 Å². The topological polar surface area (TPSA) is 175 Å². The number of benzene rings is 1. The minimum Gasteiger partial charge on any atom is -0.473 e. The summed E-state index contributed by atoms with van der Waals surface area (Å²) in [6, 6.07) is 4.91. The highest BCUT2D eigenvalue weighted by Crippen LogP contribution is 2.30. The quantitative estimate of drug-likeness (QED) is 0.227. The van der Waals surface area contributed by atoms with Gasteiger partial charge in [0.25, 0.3) is 0 Å². The zero-order valence-electron chi connectivity index (χ0n) is 20.2. The number of carboxylic acids is 2. The van der Waals surface area contributed by atoms with Crippen LogP contribution in [0.2, 0.25) is 0 Å². The Bertz CT molecular complexity index is 934. The molecule has 0 radical (unpaired) electrons. The van der Waals surface area contributed by atoms with E-state index in [-0.39, 0.29) is 17.3 Å². The fourth-order valence-electron chi connectivity index (χ4n) is 3.12. The Morgan fingerprint density at radius 2 is 1.71 bits per heavy atom. The number of sulfonamides is 1. The monoisotopic (exact) mass is 518 g/mol. The van der Waals surface area contributed by atoms with E-state index in [1.54, 1.807) is 25.3 Å². The average Bonchev–Trinajstić information content (AvgIpc) is 2.84. The SMILES string of the molecule is CCN(CC)c1ccc(S(=O)(=O)N2CCOCC2)cc1NC(=O)CNCCOC.O=C(O)C(=O)O. The molecular formula is C21H34N4O9S. The van der Waals surface area contributed by atoms with Crippen molar-refractivity contribution in [1.82, 2.24) is 9.62 Å². The Morgan fingerprint density at radius 3 is 2.23 bits per heavy atom. The van der Waals surface area contributed by atoms with E-state index in [2.05, 4.69) is 15.5 Å². The molecule has 13 nitrogen and oxygen atoms in total. The lowest BCUT2D eigenvalue weighted by molar-refractivity contribution is -0.159. The van der Waals surface area contributed by atoms with Crippen LogP contribution in [0.25, 0.3) is 0 Å². The Labute approximate surface area is 205 Å². The van der Waals surface area contributed by atoms with Crippen molar-refractivity contribution in [2.24, 2.45) is 0 Å². The van der Waals surface area contributed by atoms with Crippen LogP contribution in [0.4, 0.5) is 11.4 Å². The highest BCUT2D eigenvalue weighted by Gasteiger charge is 2.27. The fourth-order valence-corrected chi connectivity index (χ4v) is 4.56. The number of aliphatic carboxylic acids is 2. The summed E-state index contributed by atoms with van der Waals surface area (Å²) >= 11 is 0. The second-order valence-corrected chi connectivity index (χ2v) is 9.13. The lowest BCUT2D eigenvalue weighted by Crippen LogP contribution is -2.40. The van der Waals surface area contributed by atoms with Crippen molar-refractivity contribution < 1.29 is 42.5 Å². The van der Waals surface area contributed by atoms with Gasteiger partial charge < -0.3 is 35.2 Å². The number of carbonyl (C=O) groups is 3. The zero-order chi connectivity index (χ0) is 26.4. The van der Waals surface area contributed by atoms with Crippen molar-refractivity contribution in [1.29, 1.82) is 0 Å². The molecular weight excluding hydrogens is 484 g/mol. The molecule has 1 heterocycles. The number of rotatable bonds is 11. The zero-order valence-corrected chi connectivity index (χ0v) is 21.0. The lowest BCUT2D eigenvalue weighted by atomic mass is 10.2. The molecule has 0 bridgehead atoms. The molecule has 35 heavy (non-hydrogen) atoms. The number of morpholine rings is 1. The molecule has 4 N–H and O–H groups in total. The van der Waals surface area contributed by atoms with Gasteiger partial charge in [-0.3, -0.25) is 4.79 Å². The first-order chi connectivity index (χ1) is 16.6. The summed E-state index contributed by atoms with van der Waals surface area (Å²) in [6.45, 7) is 8.09. The third-order valence-electron chi connectivity index (χ3n) is 4.91. The molecule has 1 aromatic carbocycles. The van der Waals surface area contributed by atoms with Gasteiger partial charge in [0, 0.05) is 39.8 Å². The van der Waals surface area contributed by atoms with Crippen molar-refractivity contribution in [3.63, 3.8) is 0 Å². The maximum absolute atomic E-state index is 13.0. The summed E-state index contributed by atoms with van der Waals surface area (Å²) in [7, 11) is -2.05. The highest BCUT2D eigenvalue weighted by molar-refractivity contribution is 7.89. The lowest BCUT2D eigenvalue weighted by Gasteiger charge is -2.28. The Balaban J connectivity index is 0.000000905. The molecule has 0 aromatic heterocycles. The van der Waals surface area contributed by atoms with E-state index >= 15 is 0 Å². The number of carboxylic acid groups (broad SMARTS) is 2. The second kappa shape index (κ2) is 15.3. The van der Waals surface area contributed by atoms with Crippen molar-refractivity contribution in [3.05, 3.63) is 18.2 Å². The predicted octanol–water partition coefficient (Wildman–Crippen LogP) is -0.116. The van der Waals surface area contributed by atoms with Crippen LogP contribution in [-0.4, -0.2) is 107 Å². The number of methoxy groups -OCH3 is 1. The minimum absolute atomic E-state index is 0.113. The van der Waals surface area contributed by atoms with E-state index in [0.717, 1.165) is 18.8 Å². The number of anilines is 2. The van der Waals surface area contributed by atoms with Gasteiger partial charge in [0.2, 0.25) is 15.9 Å². The number of nitrogens with zero attached hydrogens (tertiary/aromatic N) is 2. The number of ether oxygens (including phenoxy) is 2. The van der Waals surface area contributed by atoms with E-state index in [0.29, 0.717) is 45.1 Å². The van der Waals surface area contributed by atoms with Gasteiger partial charge in [-0.1, -0.05) is 0 Å². The number of amides is 1. The van der Waals surface area contributed by atoms with Crippen LogP contribution < -0.4 is 15.5 Å². The summed E-state index contributed by atoms with van der Waals surface area (Å²) in [5.41, 5.74) is 1.28. The first-order valence-electron chi connectivity index (χ1n) is 11.0. The molecule has 1 fully saturated rings. The summed E-state index contributed by atoms with van der Waals surface area (Å²) in [5.74, 6) is -3.89. The Kier molecular flexibility index (Phi) is 13.2. The van der Waals surface area contributed by atoms with Gasteiger partial charge in [-0.2, -0.15) is 4.31 Å². The van der Waals surface area contributed by atoms with Gasteiger partial charge in [0.15, 0.2) is 0 Å². The largest absolute Gasteiger partial charge is 0.473 e. The minimum atomic E-state index is -3.65. The van der Waals surface area contributed by atoms with Crippen LogP contribution in [0, 0.1) is 0 Å². The summed E-state index contributed by atoms with van der Waals surface area (Å²) < 4.78 is 37.6. The van der Waals surface area contributed by atoms with Crippen molar-refractivity contribution in [2.45, 2.75) is 18.7 Å². The summed E-state index contributed by atoms with van der Waals surface area (Å²) in [5, 5.41) is 20.6. The molecule has 1 aliphatic heterocycles. The Morgan fingerprint density at radius 1 is 1.11 bits per heavy atom. The van der Waals surface area contributed by atoms with Gasteiger partial charge in [0.05, 0.1) is 42.6 Å². The van der Waals surface area contributed by atoms with Gasteiger partial charge >= 0.3 is 11.9 Å². The van der Waals surface area contributed by atoms with Crippen LogP contribution in [0.3, 0.4) is 0 Å². The standard InChI is InChI=1S/C19H32N4O5S.C2H2O4/c1-4-22(5-2)18-7-6-16(29(25,26)23-9-12-28-13-10-23)14-17(18)21-19(24)15-20-8-11-27-3;3-1(4)2(5)6/h6-7,14,20H,4-5,8-13,15H2,1-3H3,(H,21,24);(H,3,4)(H,5,6). The number of carbonyl (C=O) groups excluding carboxylic acids is 1. The van der Waals surface area contributed by atoms with Crippen LogP contribution in [0.5, 0.6) is 0 Å². The van der Waals surface area contributed by atoms with Gasteiger partial charge in [-0.05, 0) is 32.0 Å². The van der Waals surface area contributed by atoms with E-state index < -0.39 is 22.0 Å². The maximum Gasteiger partial charge on any atom is 0.414 e. The smallest absolute Gasteiger partial charge is 0.414 e. The van der Waals surface area contributed by atoms with Crippen molar-refractivity contribution in [2.75, 3.05) is 76.4 Å². The number of nitrogens with one attached hydrogen (secondary N) is 2. The fraction of sp³-hybridized carbons (Fsp3) is 0.571. The third kappa shape index (κ3) is 9.78. The molecule has 0 aliphatic carbocycles. The molecule has 14 heteroatoms. The van der Waals surface area contributed by atoms with Gasteiger partial charge in [-0.25, -0.2) is 18.0 Å². The van der Waals surface area contributed by atoms with Gasteiger partial charge in [-0.15, -0.1) is 0 Å². The van der Waals surface area contributed by atoms with Crippen molar-refractivity contribution >= 4 is 39.2 Å². The van der Waals surface area contributed by atoms with E-state index in [4.69, 9.17) is 29.3 Å². The molecule has 1 aliphatic rings. The third-order valence-corrected chi connectivity index (χ3v) is 6.80. The van der Waals surface area contributed by atoms with Gasteiger partial charge in [0.1, 0.15) is 0 Å². The molecule has 0 unspecified atom stereocenters. The van der Waals surface area contributed by atoms with Crippen LogP contribution in [-0.2, 0) is 33.9 Å². The molecule has 0 atom stereocenters. The molecule has 0 saturated carbocycles. The van der Waals surface area contributed by atoms with Crippen molar-refractivity contribution in [3.8, 4) is 0 Å². The maximum atomic E-state index is 13.0. The number of hydrogen-bond acceptors (Lipinski definition) is 9. The second-order valence-electron chi connectivity index (χ2n) is 7.20. The predicted molar refractivity (Wildman–Crippen MR) is 128 cm³/mol.